The van der Waals surface area contributed by atoms with E-state index in [1.165, 1.54) is 0 Å². The topological polar surface area (TPSA) is 47.6 Å². The summed E-state index contributed by atoms with van der Waals surface area (Å²) in [7, 11) is 0. The number of nitrogens with zero attached hydrogens (tertiary/aromatic N) is 2. The van der Waals surface area contributed by atoms with Crippen LogP contribution in [0.15, 0.2) is 60.7 Å². The van der Waals surface area contributed by atoms with Crippen LogP contribution in [0.4, 0.5) is 0 Å². The summed E-state index contributed by atoms with van der Waals surface area (Å²) in [6, 6.07) is 23.7. The fraction of sp³-hybridized carbons (Fsp3) is 0.222. The van der Waals surface area contributed by atoms with Crippen LogP contribution < -0.4 is 0 Å². The summed E-state index contributed by atoms with van der Waals surface area (Å²) >= 11 is 0. The Labute approximate surface area is 119 Å². The second-order valence-corrected chi connectivity index (χ2v) is 5.21. The fourth-order valence-corrected chi connectivity index (χ4v) is 2.47. The Morgan fingerprint density at radius 3 is 1.20 bits per heavy atom. The highest BCUT2D eigenvalue weighted by Crippen LogP contribution is 2.43. The Kier molecular flexibility index (Phi) is 3.59. The first-order chi connectivity index (χ1) is 9.58. The van der Waals surface area contributed by atoms with Crippen molar-refractivity contribution < 1.29 is 0 Å². The Morgan fingerprint density at radius 2 is 0.950 bits per heavy atom. The van der Waals surface area contributed by atoms with Crippen molar-refractivity contribution >= 4 is 0 Å². The Hall–Kier alpha value is -2.58. The van der Waals surface area contributed by atoms with Crippen LogP contribution in [0.1, 0.15) is 25.0 Å². The van der Waals surface area contributed by atoms with E-state index < -0.39 is 10.8 Å². The molecule has 0 N–H and O–H groups in total. The molecule has 2 heteroatoms. The molecule has 0 fully saturated rings. The minimum Gasteiger partial charge on any atom is -0.197 e. The zero-order valence-electron chi connectivity index (χ0n) is 11.7. The minimum absolute atomic E-state index is 0.857. The van der Waals surface area contributed by atoms with Crippen LogP contribution in [0.3, 0.4) is 0 Å². The predicted molar refractivity (Wildman–Crippen MR) is 78.8 cm³/mol. The van der Waals surface area contributed by atoms with Gasteiger partial charge in [-0.2, -0.15) is 10.5 Å². The van der Waals surface area contributed by atoms with Gasteiger partial charge in [0.05, 0.1) is 12.1 Å². The molecule has 2 aromatic rings. The molecule has 0 aromatic heterocycles. The van der Waals surface area contributed by atoms with Crippen molar-refractivity contribution in [3.05, 3.63) is 71.8 Å². The number of hydrogen-bond donors (Lipinski definition) is 0. The van der Waals surface area contributed by atoms with Crippen molar-refractivity contribution in [3.8, 4) is 12.1 Å². The van der Waals surface area contributed by atoms with Crippen molar-refractivity contribution in [1.29, 1.82) is 10.5 Å². The van der Waals surface area contributed by atoms with Gasteiger partial charge >= 0.3 is 0 Å². The summed E-state index contributed by atoms with van der Waals surface area (Å²) in [5.74, 6) is 0. The van der Waals surface area contributed by atoms with Gasteiger partial charge in [-0.05, 0) is 25.0 Å². The molecule has 0 aliphatic carbocycles. The van der Waals surface area contributed by atoms with E-state index >= 15 is 0 Å². The van der Waals surface area contributed by atoms with Crippen molar-refractivity contribution in [1.82, 2.24) is 0 Å². The molecular weight excluding hydrogens is 244 g/mol. The fourth-order valence-electron chi connectivity index (χ4n) is 2.47. The number of benzene rings is 2. The molecule has 0 heterocycles. The van der Waals surface area contributed by atoms with Gasteiger partial charge in [0, 0.05) is 0 Å². The Morgan fingerprint density at radius 1 is 0.650 bits per heavy atom. The van der Waals surface area contributed by atoms with E-state index in [0.29, 0.717) is 0 Å². The molecular formula is C18H16N2. The standard InChI is InChI=1S/C18H16N2/c1-17(13-19,15-9-5-3-6-10-15)18(2,14-20)16-11-7-4-8-12-16/h3-12H,1-2H3/t17-,18-/m1/s1. The van der Waals surface area contributed by atoms with Crippen LogP contribution in [-0.4, -0.2) is 0 Å². The smallest absolute Gasteiger partial charge is 0.102 e. The molecule has 0 saturated carbocycles. The van der Waals surface area contributed by atoms with E-state index in [2.05, 4.69) is 12.1 Å². The third kappa shape index (κ3) is 1.96. The maximum absolute atomic E-state index is 9.77. The third-order valence-electron chi connectivity index (χ3n) is 4.15. The summed E-state index contributed by atoms with van der Waals surface area (Å²) in [5, 5.41) is 19.5. The van der Waals surface area contributed by atoms with Crippen LogP contribution in [-0.2, 0) is 10.8 Å². The van der Waals surface area contributed by atoms with Gasteiger partial charge in [0.25, 0.3) is 0 Å². The summed E-state index contributed by atoms with van der Waals surface area (Å²) in [6.07, 6.45) is 0. The van der Waals surface area contributed by atoms with E-state index in [0.717, 1.165) is 11.1 Å². The average Bonchev–Trinajstić information content (AvgIpc) is 2.54. The molecule has 2 atom stereocenters. The zero-order valence-corrected chi connectivity index (χ0v) is 11.7. The Balaban J connectivity index is 2.66. The lowest BCUT2D eigenvalue weighted by atomic mass is 9.60. The molecule has 2 nitrogen and oxygen atoms in total. The largest absolute Gasteiger partial charge is 0.197 e. The monoisotopic (exact) mass is 260 g/mol. The van der Waals surface area contributed by atoms with Gasteiger partial charge in [0.2, 0.25) is 0 Å². The molecule has 0 spiro atoms. The summed E-state index contributed by atoms with van der Waals surface area (Å²) in [5.41, 5.74) is -0.111. The molecule has 0 aliphatic heterocycles. The first-order valence-corrected chi connectivity index (χ1v) is 6.52. The molecule has 0 aliphatic rings. The van der Waals surface area contributed by atoms with Crippen molar-refractivity contribution in [3.63, 3.8) is 0 Å². The highest BCUT2D eigenvalue weighted by atomic mass is 14.5. The number of nitriles is 2. The van der Waals surface area contributed by atoms with Crippen LogP contribution >= 0.6 is 0 Å². The molecule has 0 amide bonds. The lowest BCUT2D eigenvalue weighted by Gasteiger charge is -2.37. The van der Waals surface area contributed by atoms with Crippen molar-refractivity contribution in [2.75, 3.05) is 0 Å². The van der Waals surface area contributed by atoms with E-state index in [1.807, 2.05) is 74.5 Å². The molecule has 20 heavy (non-hydrogen) atoms. The predicted octanol–water partition coefficient (Wildman–Crippen LogP) is 3.95. The average molecular weight is 260 g/mol. The maximum Gasteiger partial charge on any atom is 0.102 e. The first-order valence-electron chi connectivity index (χ1n) is 6.52. The highest BCUT2D eigenvalue weighted by Gasteiger charge is 2.48. The molecule has 0 radical (unpaired) electrons. The van der Waals surface area contributed by atoms with E-state index in [4.69, 9.17) is 0 Å². The Bertz CT molecular complexity index is 603. The number of rotatable bonds is 3. The van der Waals surface area contributed by atoms with E-state index in [-0.39, 0.29) is 0 Å². The maximum atomic E-state index is 9.77. The molecule has 0 bridgehead atoms. The lowest BCUT2D eigenvalue weighted by Crippen LogP contribution is -2.43. The molecule has 2 aromatic carbocycles. The summed E-state index contributed by atoms with van der Waals surface area (Å²) in [4.78, 5) is 0. The normalized spacial score (nSPS) is 16.2. The van der Waals surface area contributed by atoms with Crippen molar-refractivity contribution in [2.24, 2.45) is 0 Å². The molecule has 0 saturated heterocycles. The first kappa shape index (κ1) is 13.8. The van der Waals surface area contributed by atoms with Gasteiger partial charge in [0.1, 0.15) is 10.8 Å². The van der Waals surface area contributed by atoms with Crippen LogP contribution in [0.5, 0.6) is 0 Å². The third-order valence-corrected chi connectivity index (χ3v) is 4.15. The SMILES string of the molecule is C[C@@](C#N)(c1ccccc1)[C@](C)(C#N)c1ccccc1. The zero-order chi connectivity index (χ0) is 14.6. The van der Waals surface area contributed by atoms with E-state index in [9.17, 15) is 10.5 Å². The van der Waals surface area contributed by atoms with Crippen molar-refractivity contribution in [2.45, 2.75) is 24.7 Å². The van der Waals surface area contributed by atoms with Gasteiger partial charge in [0.15, 0.2) is 0 Å². The number of hydrogen-bond acceptors (Lipinski definition) is 2. The van der Waals surface area contributed by atoms with Gasteiger partial charge in [-0.25, -0.2) is 0 Å². The van der Waals surface area contributed by atoms with Crippen LogP contribution in [0.2, 0.25) is 0 Å². The highest BCUT2D eigenvalue weighted by molar-refractivity contribution is 5.47. The quantitative estimate of drug-likeness (QED) is 0.838. The van der Waals surface area contributed by atoms with Crippen LogP contribution in [0.25, 0.3) is 0 Å². The van der Waals surface area contributed by atoms with Gasteiger partial charge in [-0.15, -0.1) is 0 Å². The summed E-state index contributed by atoms with van der Waals surface area (Å²) < 4.78 is 0. The van der Waals surface area contributed by atoms with Gasteiger partial charge in [-0.1, -0.05) is 60.7 Å². The van der Waals surface area contributed by atoms with Gasteiger partial charge in [-0.3, -0.25) is 0 Å². The summed E-state index contributed by atoms with van der Waals surface area (Å²) in [6.45, 7) is 3.66. The minimum atomic E-state index is -0.912. The molecule has 2 rings (SSSR count). The lowest BCUT2D eigenvalue weighted by molar-refractivity contribution is 0.407. The molecule has 0 unspecified atom stereocenters. The van der Waals surface area contributed by atoms with E-state index in [1.54, 1.807) is 0 Å². The second kappa shape index (κ2) is 5.19. The molecule has 98 valence electrons. The van der Waals surface area contributed by atoms with Gasteiger partial charge < -0.3 is 0 Å². The van der Waals surface area contributed by atoms with Crippen LogP contribution in [0, 0.1) is 22.7 Å². The second-order valence-electron chi connectivity index (χ2n) is 5.21.